The minimum absolute atomic E-state index is 0.0499. The van der Waals surface area contributed by atoms with Crippen molar-refractivity contribution in [1.29, 1.82) is 0 Å². The standard InChI is InChI=1S/C26H29N7O3/c1-16-9-23(24(13-27-16)36-15-22-14-32(19(4)34)7-8-35-22)20-5-6-33-21(11-20)12-26(31-33)30-25-10-17(2)28-18(3)29-25/h5-6,9-13,22H,7-8,14-15H2,1-4H3,(H,28,29,30,31)/t22-/m0/s1. The lowest BCUT2D eigenvalue weighted by atomic mass is 10.1. The smallest absolute Gasteiger partial charge is 0.219 e. The maximum Gasteiger partial charge on any atom is 0.219 e. The molecule has 36 heavy (non-hydrogen) atoms. The van der Waals surface area contributed by atoms with Crippen molar-refractivity contribution >= 4 is 23.1 Å². The first-order valence-corrected chi connectivity index (χ1v) is 11.9. The Labute approximate surface area is 209 Å². The topological polar surface area (TPSA) is 107 Å². The molecule has 4 aromatic rings. The molecular weight excluding hydrogens is 458 g/mol. The molecule has 1 fully saturated rings. The van der Waals surface area contributed by atoms with E-state index < -0.39 is 0 Å². The molecule has 0 aromatic carbocycles. The van der Waals surface area contributed by atoms with Gasteiger partial charge in [0, 0.05) is 48.7 Å². The molecule has 10 heteroatoms. The Hall–Kier alpha value is -4.05. The molecule has 1 N–H and O–H groups in total. The second-order valence-corrected chi connectivity index (χ2v) is 8.97. The molecule has 5 rings (SSSR count). The zero-order valence-corrected chi connectivity index (χ0v) is 20.9. The second kappa shape index (κ2) is 9.90. The molecule has 0 unspecified atom stereocenters. The first kappa shape index (κ1) is 23.7. The fourth-order valence-corrected chi connectivity index (χ4v) is 4.31. The number of hydrogen-bond donors (Lipinski definition) is 1. The van der Waals surface area contributed by atoms with Gasteiger partial charge in [0.15, 0.2) is 5.82 Å². The largest absolute Gasteiger partial charge is 0.489 e. The highest BCUT2D eigenvalue weighted by molar-refractivity contribution is 5.75. The van der Waals surface area contributed by atoms with Crippen LogP contribution in [0.15, 0.2) is 42.7 Å². The van der Waals surface area contributed by atoms with Crippen molar-refractivity contribution in [1.82, 2.24) is 29.5 Å². The van der Waals surface area contributed by atoms with Gasteiger partial charge in [0.1, 0.15) is 30.1 Å². The number of morpholine rings is 1. The zero-order valence-electron chi connectivity index (χ0n) is 20.9. The van der Waals surface area contributed by atoms with E-state index in [-0.39, 0.29) is 12.0 Å². The van der Waals surface area contributed by atoms with Gasteiger partial charge in [0.05, 0.1) is 24.9 Å². The lowest BCUT2D eigenvalue weighted by molar-refractivity contribution is -0.137. The number of nitrogens with zero attached hydrogens (tertiary/aromatic N) is 6. The quantitative estimate of drug-likeness (QED) is 0.441. The van der Waals surface area contributed by atoms with E-state index in [1.54, 1.807) is 18.0 Å². The van der Waals surface area contributed by atoms with Gasteiger partial charge in [0.25, 0.3) is 0 Å². The zero-order chi connectivity index (χ0) is 25.2. The lowest BCUT2D eigenvalue weighted by Gasteiger charge is -2.32. The maximum atomic E-state index is 11.7. The van der Waals surface area contributed by atoms with Crippen molar-refractivity contribution in [2.24, 2.45) is 0 Å². The number of amides is 1. The predicted octanol–water partition coefficient (Wildman–Crippen LogP) is 3.48. The van der Waals surface area contributed by atoms with Crippen LogP contribution in [0.25, 0.3) is 16.6 Å². The highest BCUT2D eigenvalue weighted by atomic mass is 16.5. The fourth-order valence-electron chi connectivity index (χ4n) is 4.31. The molecule has 0 aliphatic carbocycles. The Morgan fingerprint density at radius 3 is 2.81 bits per heavy atom. The highest BCUT2D eigenvalue weighted by Crippen LogP contribution is 2.31. The Morgan fingerprint density at radius 2 is 2.00 bits per heavy atom. The molecule has 10 nitrogen and oxygen atoms in total. The number of nitrogens with one attached hydrogen (secondary N) is 1. The van der Waals surface area contributed by atoms with Crippen LogP contribution in [0.3, 0.4) is 0 Å². The molecule has 1 atom stereocenters. The Bertz CT molecular complexity index is 1400. The molecule has 1 saturated heterocycles. The summed E-state index contributed by atoms with van der Waals surface area (Å²) in [5.41, 5.74) is 4.62. The molecule has 0 saturated carbocycles. The maximum absolute atomic E-state index is 11.7. The van der Waals surface area contributed by atoms with E-state index in [1.807, 2.05) is 55.7 Å². The van der Waals surface area contributed by atoms with Crippen LogP contribution < -0.4 is 10.1 Å². The van der Waals surface area contributed by atoms with E-state index >= 15 is 0 Å². The lowest BCUT2D eigenvalue weighted by Crippen LogP contribution is -2.46. The number of carbonyl (C=O) groups excluding carboxylic acids is 1. The van der Waals surface area contributed by atoms with Crippen LogP contribution >= 0.6 is 0 Å². The number of anilines is 2. The third-order valence-corrected chi connectivity index (χ3v) is 6.01. The number of carbonyl (C=O) groups is 1. The van der Waals surface area contributed by atoms with Crippen LogP contribution in [-0.2, 0) is 9.53 Å². The van der Waals surface area contributed by atoms with Crippen molar-refractivity contribution < 1.29 is 14.3 Å². The number of fused-ring (bicyclic) bond motifs is 1. The average Bonchev–Trinajstić information content (AvgIpc) is 3.24. The molecule has 5 heterocycles. The molecule has 1 aliphatic heterocycles. The second-order valence-electron chi connectivity index (χ2n) is 8.97. The third kappa shape index (κ3) is 5.28. The van der Waals surface area contributed by atoms with E-state index in [4.69, 9.17) is 9.47 Å². The Kier molecular flexibility index (Phi) is 6.51. The van der Waals surface area contributed by atoms with Crippen molar-refractivity contribution in [3.63, 3.8) is 0 Å². The summed E-state index contributed by atoms with van der Waals surface area (Å²) in [6.45, 7) is 9.31. The van der Waals surface area contributed by atoms with E-state index in [0.717, 1.165) is 28.0 Å². The van der Waals surface area contributed by atoms with Crippen LogP contribution in [0, 0.1) is 20.8 Å². The van der Waals surface area contributed by atoms with Crippen LogP contribution in [0.2, 0.25) is 0 Å². The van der Waals surface area contributed by atoms with Gasteiger partial charge in [-0.05, 0) is 44.5 Å². The van der Waals surface area contributed by atoms with Crippen LogP contribution in [0.4, 0.5) is 11.6 Å². The molecule has 4 aromatic heterocycles. The van der Waals surface area contributed by atoms with Crippen molar-refractivity contribution in [2.75, 3.05) is 31.6 Å². The summed E-state index contributed by atoms with van der Waals surface area (Å²) in [6, 6.07) is 9.92. The molecule has 1 amide bonds. The normalized spacial score (nSPS) is 15.8. The van der Waals surface area contributed by atoms with Gasteiger partial charge in [-0.2, -0.15) is 5.10 Å². The van der Waals surface area contributed by atoms with Crippen molar-refractivity contribution in [3.05, 3.63) is 59.9 Å². The number of hydrogen-bond acceptors (Lipinski definition) is 8. The predicted molar refractivity (Wildman–Crippen MR) is 135 cm³/mol. The first-order chi connectivity index (χ1) is 17.3. The number of pyridine rings is 2. The number of ether oxygens (including phenoxy) is 2. The monoisotopic (exact) mass is 487 g/mol. The summed E-state index contributed by atoms with van der Waals surface area (Å²) in [6.07, 6.45) is 3.47. The fraction of sp³-hybridized carbons (Fsp3) is 0.346. The SMILES string of the molecule is CC(=O)N1CCO[C@H](COc2cnc(C)cc2-c2ccn3nc(Nc4cc(C)nc(C)n4)cc3c2)C1. The van der Waals surface area contributed by atoms with Crippen molar-refractivity contribution in [2.45, 2.75) is 33.8 Å². The van der Waals surface area contributed by atoms with E-state index in [9.17, 15) is 4.79 Å². The van der Waals surface area contributed by atoms with Gasteiger partial charge in [-0.15, -0.1) is 0 Å². The molecular formula is C26H29N7O3. The van der Waals surface area contributed by atoms with E-state index in [2.05, 4.69) is 31.4 Å². The summed E-state index contributed by atoms with van der Waals surface area (Å²) >= 11 is 0. The molecule has 0 spiro atoms. The summed E-state index contributed by atoms with van der Waals surface area (Å²) in [4.78, 5) is 26.7. The minimum atomic E-state index is -0.184. The summed E-state index contributed by atoms with van der Waals surface area (Å²) in [7, 11) is 0. The molecule has 0 bridgehead atoms. The van der Waals surface area contributed by atoms with Gasteiger partial charge in [-0.3, -0.25) is 9.78 Å². The third-order valence-electron chi connectivity index (χ3n) is 6.01. The van der Waals surface area contributed by atoms with Crippen molar-refractivity contribution in [3.8, 4) is 16.9 Å². The minimum Gasteiger partial charge on any atom is -0.489 e. The van der Waals surface area contributed by atoms with Gasteiger partial charge in [0.2, 0.25) is 5.91 Å². The van der Waals surface area contributed by atoms with Gasteiger partial charge in [-0.25, -0.2) is 14.5 Å². The molecule has 0 radical (unpaired) electrons. The van der Waals surface area contributed by atoms with E-state index in [1.165, 1.54) is 0 Å². The first-order valence-electron chi connectivity index (χ1n) is 11.9. The number of aryl methyl sites for hydroxylation is 3. The molecule has 1 aliphatic rings. The highest BCUT2D eigenvalue weighted by Gasteiger charge is 2.23. The number of aromatic nitrogens is 5. The van der Waals surface area contributed by atoms with Gasteiger partial charge >= 0.3 is 0 Å². The summed E-state index contributed by atoms with van der Waals surface area (Å²) in [5, 5.41) is 7.88. The van der Waals surface area contributed by atoms with Gasteiger partial charge < -0.3 is 19.7 Å². The van der Waals surface area contributed by atoms with Crippen LogP contribution in [-0.4, -0.2) is 67.8 Å². The molecule has 186 valence electrons. The number of rotatable bonds is 6. The van der Waals surface area contributed by atoms with Crippen LogP contribution in [0.1, 0.15) is 24.1 Å². The summed E-state index contributed by atoms with van der Waals surface area (Å²) < 4.78 is 13.8. The van der Waals surface area contributed by atoms with Crippen LogP contribution in [0.5, 0.6) is 5.75 Å². The summed E-state index contributed by atoms with van der Waals surface area (Å²) in [5.74, 6) is 2.82. The average molecular weight is 488 g/mol. The van der Waals surface area contributed by atoms with Gasteiger partial charge in [-0.1, -0.05) is 0 Å². The Morgan fingerprint density at radius 1 is 1.14 bits per heavy atom. The van der Waals surface area contributed by atoms with E-state index in [0.29, 0.717) is 49.5 Å². The Balaban J connectivity index is 1.37.